The van der Waals surface area contributed by atoms with Gasteiger partial charge in [0, 0.05) is 11.6 Å². The van der Waals surface area contributed by atoms with Crippen LogP contribution in [0.25, 0.3) is 0 Å². The number of amides is 2. The zero-order valence-corrected chi connectivity index (χ0v) is 13.7. The van der Waals surface area contributed by atoms with Gasteiger partial charge in [-0.2, -0.15) is 5.10 Å². The van der Waals surface area contributed by atoms with Crippen LogP contribution in [0.2, 0.25) is 5.02 Å². The predicted octanol–water partition coefficient (Wildman–Crippen LogP) is 1.68. The Balaban J connectivity index is 2.97. The van der Waals surface area contributed by atoms with Crippen molar-refractivity contribution in [3.8, 4) is 11.5 Å². The lowest BCUT2D eigenvalue weighted by Gasteiger charge is -2.16. The van der Waals surface area contributed by atoms with Crippen molar-refractivity contribution in [2.45, 2.75) is 20.0 Å². The number of rotatable bonds is 7. The molecule has 23 heavy (non-hydrogen) atoms. The third-order valence-electron chi connectivity index (χ3n) is 2.58. The van der Waals surface area contributed by atoms with Crippen molar-refractivity contribution in [3.63, 3.8) is 0 Å². The highest BCUT2D eigenvalue weighted by molar-refractivity contribution is 6.33. The normalized spacial score (nSPS) is 11.8. The fourth-order valence-corrected chi connectivity index (χ4v) is 1.77. The second-order valence-corrected chi connectivity index (χ2v) is 4.68. The average Bonchev–Trinajstić information content (AvgIpc) is 2.49. The van der Waals surface area contributed by atoms with Gasteiger partial charge in [-0.15, -0.1) is 0 Å². The number of nitrogens with zero attached hydrogens (tertiary/aromatic N) is 1. The third kappa shape index (κ3) is 5.67. The van der Waals surface area contributed by atoms with Crippen molar-refractivity contribution in [1.82, 2.24) is 5.43 Å². The van der Waals surface area contributed by atoms with E-state index in [9.17, 15) is 9.59 Å². The van der Waals surface area contributed by atoms with E-state index < -0.39 is 18.1 Å². The van der Waals surface area contributed by atoms with Crippen LogP contribution in [0.3, 0.4) is 0 Å². The summed E-state index contributed by atoms with van der Waals surface area (Å²) in [5.41, 5.74) is 7.41. The number of hydrogen-bond donors (Lipinski definition) is 2. The number of hydrazone groups is 1. The quantitative estimate of drug-likeness (QED) is 0.444. The minimum atomic E-state index is -0.823. The van der Waals surface area contributed by atoms with Crippen LogP contribution in [0, 0.1) is 0 Å². The molecular formula is C14H18ClN3O5. The molecule has 0 saturated carbocycles. The lowest BCUT2D eigenvalue weighted by atomic mass is 10.2. The summed E-state index contributed by atoms with van der Waals surface area (Å²) < 4.78 is 15.6. The summed E-state index contributed by atoms with van der Waals surface area (Å²) in [6, 6.07) is 2.22. The number of halogens is 1. The van der Waals surface area contributed by atoms with Crippen molar-refractivity contribution in [2.24, 2.45) is 10.8 Å². The standard InChI is InChI=1S/C14H18ClN3O5/c1-4-22-13(19)8(2)23-12-6-10(15)9(5-11(12)21-3)7-17-18-14(16)20/h5-8H,4H2,1-3H3,(H3,16,18,20). The van der Waals surface area contributed by atoms with Crippen LogP contribution >= 0.6 is 11.6 Å². The minimum Gasteiger partial charge on any atom is -0.493 e. The molecule has 1 aromatic rings. The third-order valence-corrected chi connectivity index (χ3v) is 2.91. The molecule has 3 N–H and O–H groups in total. The first kappa shape index (κ1) is 18.6. The van der Waals surface area contributed by atoms with E-state index in [1.807, 2.05) is 0 Å². The second kappa shape index (κ2) is 8.84. The van der Waals surface area contributed by atoms with Gasteiger partial charge in [-0.1, -0.05) is 11.6 Å². The molecule has 2 amide bonds. The highest BCUT2D eigenvalue weighted by atomic mass is 35.5. The van der Waals surface area contributed by atoms with E-state index in [0.29, 0.717) is 11.3 Å². The van der Waals surface area contributed by atoms with E-state index in [4.69, 9.17) is 31.5 Å². The van der Waals surface area contributed by atoms with Gasteiger partial charge in [0.15, 0.2) is 17.6 Å². The van der Waals surface area contributed by atoms with Crippen molar-refractivity contribution >= 4 is 29.8 Å². The Morgan fingerprint density at radius 3 is 2.70 bits per heavy atom. The highest BCUT2D eigenvalue weighted by Gasteiger charge is 2.19. The Kier molecular flexibility index (Phi) is 7.14. The maximum absolute atomic E-state index is 11.6. The Morgan fingerprint density at radius 1 is 1.43 bits per heavy atom. The SMILES string of the molecule is CCOC(=O)C(C)Oc1cc(Cl)c(C=NNC(N)=O)cc1OC. The maximum Gasteiger partial charge on any atom is 0.347 e. The molecule has 8 nitrogen and oxygen atoms in total. The van der Waals surface area contributed by atoms with Crippen LogP contribution in [-0.4, -0.2) is 38.0 Å². The number of benzene rings is 1. The number of carbonyl (C=O) groups excluding carboxylic acids is 2. The van der Waals surface area contributed by atoms with Gasteiger partial charge in [0.1, 0.15) is 0 Å². The number of primary amides is 1. The Labute approximate surface area is 138 Å². The largest absolute Gasteiger partial charge is 0.493 e. The summed E-state index contributed by atoms with van der Waals surface area (Å²) in [5, 5.41) is 3.90. The second-order valence-electron chi connectivity index (χ2n) is 4.27. The van der Waals surface area contributed by atoms with Crippen LogP contribution in [0.15, 0.2) is 17.2 Å². The summed E-state index contributed by atoms with van der Waals surface area (Å²) in [7, 11) is 1.44. The van der Waals surface area contributed by atoms with E-state index in [1.54, 1.807) is 19.9 Å². The first-order valence-corrected chi connectivity index (χ1v) is 7.06. The fraction of sp³-hybridized carbons (Fsp3) is 0.357. The summed E-state index contributed by atoms with van der Waals surface area (Å²) in [6.07, 6.45) is 0.477. The Hall–Kier alpha value is -2.48. The van der Waals surface area contributed by atoms with Crippen molar-refractivity contribution < 1.29 is 23.8 Å². The van der Waals surface area contributed by atoms with Gasteiger partial charge in [-0.3, -0.25) is 0 Å². The van der Waals surface area contributed by atoms with Gasteiger partial charge in [0.2, 0.25) is 0 Å². The monoisotopic (exact) mass is 343 g/mol. The molecule has 126 valence electrons. The fourth-order valence-electron chi connectivity index (χ4n) is 1.57. The molecule has 0 saturated heterocycles. The molecule has 1 rings (SSSR count). The number of urea groups is 1. The number of carbonyl (C=O) groups is 2. The lowest BCUT2D eigenvalue weighted by molar-refractivity contribution is -0.150. The minimum absolute atomic E-state index is 0.257. The van der Waals surface area contributed by atoms with E-state index in [1.165, 1.54) is 19.4 Å². The molecule has 9 heteroatoms. The topological polar surface area (TPSA) is 112 Å². The Morgan fingerprint density at radius 2 is 2.13 bits per heavy atom. The summed E-state index contributed by atoms with van der Waals surface area (Å²) in [6.45, 7) is 3.51. The van der Waals surface area contributed by atoms with E-state index in [-0.39, 0.29) is 17.4 Å². The van der Waals surface area contributed by atoms with Gasteiger partial charge < -0.3 is 19.9 Å². The number of methoxy groups -OCH3 is 1. The lowest BCUT2D eigenvalue weighted by Crippen LogP contribution is -2.26. The molecule has 0 aliphatic heterocycles. The van der Waals surface area contributed by atoms with Crippen LogP contribution in [-0.2, 0) is 9.53 Å². The number of hydrogen-bond acceptors (Lipinski definition) is 6. The smallest absolute Gasteiger partial charge is 0.347 e. The predicted molar refractivity (Wildman–Crippen MR) is 85.0 cm³/mol. The summed E-state index contributed by atoms with van der Waals surface area (Å²) >= 11 is 6.11. The van der Waals surface area contributed by atoms with E-state index in [0.717, 1.165) is 0 Å². The molecule has 0 fully saturated rings. The molecule has 1 aromatic carbocycles. The van der Waals surface area contributed by atoms with Crippen LogP contribution in [0.4, 0.5) is 4.79 Å². The Bertz CT molecular complexity index is 606. The number of esters is 1. The van der Waals surface area contributed by atoms with Crippen LogP contribution in [0.1, 0.15) is 19.4 Å². The number of nitrogens with one attached hydrogen (secondary N) is 1. The highest BCUT2D eigenvalue weighted by Crippen LogP contribution is 2.33. The van der Waals surface area contributed by atoms with E-state index >= 15 is 0 Å². The van der Waals surface area contributed by atoms with Crippen molar-refractivity contribution in [2.75, 3.05) is 13.7 Å². The molecule has 0 bridgehead atoms. The number of nitrogens with two attached hydrogens (primary N) is 1. The molecule has 0 radical (unpaired) electrons. The van der Waals surface area contributed by atoms with Gasteiger partial charge in [-0.05, 0) is 19.9 Å². The maximum atomic E-state index is 11.6. The van der Waals surface area contributed by atoms with Gasteiger partial charge in [0.25, 0.3) is 0 Å². The van der Waals surface area contributed by atoms with Crippen molar-refractivity contribution in [1.29, 1.82) is 0 Å². The van der Waals surface area contributed by atoms with Gasteiger partial charge in [-0.25, -0.2) is 15.0 Å². The molecule has 0 aliphatic carbocycles. The summed E-state index contributed by atoms with van der Waals surface area (Å²) in [5.74, 6) is 0.117. The average molecular weight is 344 g/mol. The first-order chi connectivity index (χ1) is 10.9. The zero-order chi connectivity index (χ0) is 17.4. The molecule has 0 spiro atoms. The summed E-state index contributed by atoms with van der Waals surface area (Å²) in [4.78, 5) is 22.2. The van der Waals surface area contributed by atoms with E-state index in [2.05, 4.69) is 10.5 Å². The molecule has 1 atom stereocenters. The molecule has 0 aliphatic rings. The van der Waals surface area contributed by atoms with Crippen molar-refractivity contribution in [3.05, 3.63) is 22.7 Å². The first-order valence-electron chi connectivity index (χ1n) is 6.68. The molecule has 0 aromatic heterocycles. The van der Waals surface area contributed by atoms with Gasteiger partial charge >= 0.3 is 12.0 Å². The zero-order valence-electron chi connectivity index (χ0n) is 13.0. The number of ether oxygens (including phenoxy) is 3. The molecular weight excluding hydrogens is 326 g/mol. The molecule has 1 unspecified atom stereocenters. The van der Waals surface area contributed by atoms with Crippen LogP contribution in [0.5, 0.6) is 11.5 Å². The van der Waals surface area contributed by atoms with Crippen LogP contribution < -0.4 is 20.6 Å². The molecule has 0 heterocycles. The van der Waals surface area contributed by atoms with Gasteiger partial charge in [0.05, 0.1) is 25.0 Å².